The predicted octanol–water partition coefficient (Wildman–Crippen LogP) is 3.98. The Bertz CT molecular complexity index is 849. The number of halogens is 1. The van der Waals surface area contributed by atoms with Crippen LogP contribution in [0, 0.1) is 6.92 Å². The average molecular weight is 363 g/mol. The summed E-state index contributed by atoms with van der Waals surface area (Å²) in [6, 6.07) is 7.09. The maximum absolute atomic E-state index is 6.08. The summed E-state index contributed by atoms with van der Waals surface area (Å²) in [7, 11) is 1.59. The topological polar surface area (TPSA) is 87.1 Å². The molecule has 6 nitrogen and oxygen atoms in total. The molecule has 0 unspecified atom stereocenters. The molecule has 0 aliphatic carbocycles. The lowest BCUT2D eigenvalue weighted by Crippen LogP contribution is -1.96. The van der Waals surface area contributed by atoms with Gasteiger partial charge in [0.1, 0.15) is 11.6 Å². The zero-order valence-electron chi connectivity index (χ0n) is 13.1. The second kappa shape index (κ2) is 7.11. The molecule has 8 heteroatoms. The van der Waals surface area contributed by atoms with Crippen molar-refractivity contribution >= 4 is 29.2 Å². The van der Waals surface area contributed by atoms with Gasteiger partial charge in [0.25, 0.3) is 0 Å². The predicted molar refractivity (Wildman–Crippen MR) is 94.2 cm³/mol. The first-order valence-electron chi connectivity index (χ1n) is 7.07. The van der Waals surface area contributed by atoms with Gasteiger partial charge in [-0.3, -0.25) is 0 Å². The minimum atomic E-state index is 0.448. The Morgan fingerprint density at radius 1 is 1.25 bits per heavy atom. The molecular weight excluding hydrogens is 348 g/mol. The fraction of sp³-hybridized carbons (Fsp3) is 0.188. The van der Waals surface area contributed by atoms with Crippen LogP contribution in [-0.2, 0) is 5.75 Å². The maximum Gasteiger partial charge on any atom is 0.205 e. The van der Waals surface area contributed by atoms with E-state index in [2.05, 4.69) is 15.0 Å². The monoisotopic (exact) mass is 362 g/mol. The number of thioether (sulfide) groups is 1. The van der Waals surface area contributed by atoms with Crippen LogP contribution >= 0.6 is 23.4 Å². The smallest absolute Gasteiger partial charge is 0.205 e. The maximum atomic E-state index is 6.08. The molecule has 0 fully saturated rings. The number of anilines is 1. The van der Waals surface area contributed by atoms with Gasteiger partial charge in [-0.2, -0.15) is 0 Å². The van der Waals surface area contributed by atoms with E-state index in [0.29, 0.717) is 39.2 Å². The number of hydrogen-bond donors (Lipinski definition) is 1. The SMILES string of the molecule is COc1cc(Cl)cc(-c2cnc(CSc3nc(C)cc(N)n3)o2)c1. The van der Waals surface area contributed by atoms with Gasteiger partial charge >= 0.3 is 0 Å². The van der Waals surface area contributed by atoms with E-state index >= 15 is 0 Å². The second-order valence-corrected chi connectivity index (χ2v) is 6.38. The van der Waals surface area contributed by atoms with Gasteiger partial charge in [-0.15, -0.1) is 0 Å². The lowest BCUT2D eigenvalue weighted by atomic mass is 10.2. The Kier molecular flexibility index (Phi) is 4.92. The summed E-state index contributed by atoms with van der Waals surface area (Å²) in [6.45, 7) is 1.87. The molecule has 2 heterocycles. The zero-order valence-corrected chi connectivity index (χ0v) is 14.7. The number of nitrogens with two attached hydrogens (primary N) is 1. The standard InChI is InChI=1S/C16H15ClN4O2S/c1-9-3-14(18)21-16(20-9)24-8-15-19-7-13(23-15)10-4-11(17)6-12(5-10)22-2/h3-7H,8H2,1-2H3,(H2,18,20,21). The molecule has 1 aromatic carbocycles. The minimum Gasteiger partial charge on any atom is -0.497 e. The van der Waals surface area contributed by atoms with Crippen molar-refractivity contribution in [3.8, 4) is 17.1 Å². The van der Waals surface area contributed by atoms with Gasteiger partial charge in [0, 0.05) is 22.3 Å². The molecule has 0 aliphatic rings. The van der Waals surface area contributed by atoms with Crippen LogP contribution in [0.3, 0.4) is 0 Å². The molecule has 0 spiro atoms. The van der Waals surface area contributed by atoms with Crippen LogP contribution < -0.4 is 10.5 Å². The second-order valence-electron chi connectivity index (χ2n) is 5.00. The molecule has 2 N–H and O–H groups in total. The van der Waals surface area contributed by atoms with Crippen LogP contribution in [0.15, 0.2) is 40.0 Å². The number of aryl methyl sites for hydroxylation is 1. The lowest BCUT2D eigenvalue weighted by molar-refractivity contribution is 0.415. The van der Waals surface area contributed by atoms with E-state index < -0.39 is 0 Å². The number of aromatic nitrogens is 3. The first-order chi connectivity index (χ1) is 11.5. The number of hydrogen-bond acceptors (Lipinski definition) is 7. The Hall–Kier alpha value is -2.25. The molecule has 0 atom stereocenters. The number of oxazole rings is 1. The van der Waals surface area contributed by atoms with Crippen molar-refractivity contribution in [3.05, 3.63) is 47.1 Å². The number of methoxy groups -OCH3 is 1. The summed E-state index contributed by atoms with van der Waals surface area (Å²) < 4.78 is 11.0. The highest BCUT2D eigenvalue weighted by molar-refractivity contribution is 7.98. The number of nitrogens with zero attached hydrogens (tertiary/aromatic N) is 3. The van der Waals surface area contributed by atoms with E-state index in [1.54, 1.807) is 31.5 Å². The highest BCUT2D eigenvalue weighted by atomic mass is 35.5. The van der Waals surface area contributed by atoms with Crippen molar-refractivity contribution in [2.45, 2.75) is 17.8 Å². The quantitative estimate of drug-likeness (QED) is 0.542. The van der Waals surface area contributed by atoms with Crippen LogP contribution in [0.25, 0.3) is 11.3 Å². The number of ether oxygens (including phenoxy) is 1. The third kappa shape index (κ3) is 3.98. The van der Waals surface area contributed by atoms with Crippen molar-refractivity contribution in [1.82, 2.24) is 15.0 Å². The van der Waals surface area contributed by atoms with Crippen molar-refractivity contribution in [2.24, 2.45) is 0 Å². The van der Waals surface area contributed by atoms with Crippen LogP contribution in [0.1, 0.15) is 11.6 Å². The van der Waals surface area contributed by atoms with Gasteiger partial charge < -0.3 is 14.9 Å². The molecule has 0 aliphatic heterocycles. The van der Waals surface area contributed by atoms with Crippen molar-refractivity contribution in [2.75, 3.05) is 12.8 Å². The van der Waals surface area contributed by atoms with Crippen LogP contribution in [-0.4, -0.2) is 22.1 Å². The first kappa shape index (κ1) is 16.6. The summed E-state index contributed by atoms with van der Waals surface area (Å²) in [5.74, 6) is 2.80. The average Bonchev–Trinajstić information content (AvgIpc) is 3.00. The van der Waals surface area contributed by atoms with E-state index in [4.69, 9.17) is 26.5 Å². The number of benzene rings is 1. The van der Waals surface area contributed by atoms with Gasteiger partial charge in [0.2, 0.25) is 5.89 Å². The van der Waals surface area contributed by atoms with Gasteiger partial charge in [-0.1, -0.05) is 23.4 Å². The summed E-state index contributed by atoms with van der Waals surface area (Å²) >= 11 is 7.49. The van der Waals surface area contributed by atoms with Gasteiger partial charge in [-0.05, 0) is 25.1 Å². The first-order valence-corrected chi connectivity index (χ1v) is 8.43. The molecule has 2 aromatic heterocycles. The fourth-order valence-corrected chi connectivity index (χ4v) is 3.08. The number of rotatable bonds is 5. The highest BCUT2D eigenvalue weighted by Crippen LogP contribution is 2.30. The van der Waals surface area contributed by atoms with Crippen LogP contribution in [0.2, 0.25) is 5.02 Å². The molecule has 124 valence electrons. The van der Waals surface area contributed by atoms with Gasteiger partial charge in [0.05, 0.1) is 19.1 Å². The Morgan fingerprint density at radius 2 is 2.08 bits per heavy atom. The Balaban J connectivity index is 1.75. The van der Waals surface area contributed by atoms with E-state index in [0.717, 1.165) is 11.3 Å². The molecule has 0 saturated carbocycles. The summed E-state index contributed by atoms with van der Waals surface area (Å²) in [4.78, 5) is 12.8. The highest BCUT2D eigenvalue weighted by Gasteiger charge is 2.10. The molecule has 0 amide bonds. The van der Waals surface area contributed by atoms with E-state index in [1.807, 2.05) is 13.0 Å². The molecule has 3 rings (SSSR count). The molecular formula is C16H15ClN4O2S. The normalized spacial score (nSPS) is 10.8. The van der Waals surface area contributed by atoms with Crippen LogP contribution in [0.4, 0.5) is 5.82 Å². The lowest BCUT2D eigenvalue weighted by Gasteiger charge is -2.03. The van der Waals surface area contributed by atoms with Crippen molar-refractivity contribution < 1.29 is 9.15 Å². The van der Waals surface area contributed by atoms with Gasteiger partial charge in [-0.25, -0.2) is 15.0 Å². The molecule has 0 bridgehead atoms. The summed E-state index contributed by atoms with van der Waals surface area (Å²) in [6.07, 6.45) is 1.66. The van der Waals surface area contributed by atoms with Crippen molar-refractivity contribution in [3.63, 3.8) is 0 Å². The molecule has 3 aromatic rings. The Morgan fingerprint density at radius 3 is 2.83 bits per heavy atom. The van der Waals surface area contributed by atoms with E-state index in [1.165, 1.54) is 11.8 Å². The zero-order chi connectivity index (χ0) is 17.1. The third-order valence-corrected chi connectivity index (χ3v) is 4.17. The largest absolute Gasteiger partial charge is 0.497 e. The van der Waals surface area contributed by atoms with E-state index in [-0.39, 0.29) is 0 Å². The summed E-state index contributed by atoms with van der Waals surface area (Å²) in [5, 5.41) is 1.16. The minimum absolute atomic E-state index is 0.448. The molecule has 0 saturated heterocycles. The fourth-order valence-electron chi connectivity index (χ4n) is 2.09. The molecule has 24 heavy (non-hydrogen) atoms. The number of nitrogen functional groups attached to an aromatic ring is 1. The Labute approximate surface area is 148 Å². The van der Waals surface area contributed by atoms with Gasteiger partial charge in [0.15, 0.2) is 10.9 Å². The van der Waals surface area contributed by atoms with Crippen LogP contribution in [0.5, 0.6) is 5.75 Å². The van der Waals surface area contributed by atoms with Crippen molar-refractivity contribution in [1.29, 1.82) is 0 Å². The van der Waals surface area contributed by atoms with E-state index in [9.17, 15) is 0 Å². The summed E-state index contributed by atoms with van der Waals surface area (Å²) in [5.41, 5.74) is 7.35. The third-order valence-electron chi connectivity index (χ3n) is 3.12. The molecule has 0 radical (unpaired) electrons.